The van der Waals surface area contributed by atoms with Gasteiger partial charge < -0.3 is 5.11 Å². The van der Waals surface area contributed by atoms with Crippen LogP contribution >= 0.6 is 11.3 Å². The normalized spacial score (nSPS) is 10.8. The minimum atomic E-state index is 0.0936. The fourth-order valence-electron chi connectivity index (χ4n) is 1.86. The smallest absolute Gasteiger partial charge is 0.0975 e. The Morgan fingerprint density at radius 2 is 2.00 bits per heavy atom. The van der Waals surface area contributed by atoms with E-state index in [0.29, 0.717) is 0 Å². The van der Waals surface area contributed by atoms with E-state index in [9.17, 15) is 0 Å². The number of hydrogen-bond donors (Lipinski definition) is 1. The van der Waals surface area contributed by atoms with Crippen molar-refractivity contribution in [3.05, 3.63) is 50.5 Å². The van der Waals surface area contributed by atoms with Gasteiger partial charge in [-0.3, -0.25) is 0 Å². The van der Waals surface area contributed by atoms with Crippen LogP contribution in [0.25, 0.3) is 0 Å². The summed E-state index contributed by atoms with van der Waals surface area (Å²) in [7, 11) is 0. The van der Waals surface area contributed by atoms with Gasteiger partial charge in [0.15, 0.2) is 0 Å². The maximum absolute atomic E-state index is 9.17. The Morgan fingerprint density at radius 1 is 1.24 bits per heavy atom. The Hall–Kier alpha value is -1.19. The lowest BCUT2D eigenvalue weighted by atomic mass is 10.0. The molecule has 17 heavy (non-hydrogen) atoms. The Labute approximate surface area is 106 Å². The predicted octanol–water partition coefficient (Wildman–Crippen LogP) is 3.15. The quantitative estimate of drug-likeness (QED) is 0.903. The summed E-state index contributed by atoms with van der Waals surface area (Å²) in [6.07, 6.45) is 0.860. The molecule has 0 aliphatic rings. The average Bonchev–Trinajstić information content (AvgIpc) is 2.64. The molecular formula is C14H17NOS. The summed E-state index contributed by atoms with van der Waals surface area (Å²) in [6, 6.07) is 6.49. The zero-order chi connectivity index (χ0) is 12.4. The second-order valence-electron chi connectivity index (χ2n) is 4.38. The molecule has 0 aliphatic heterocycles. The van der Waals surface area contributed by atoms with Gasteiger partial charge in [0.25, 0.3) is 0 Å². The van der Waals surface area contributed by atoms with Crippen LogP contribution in [0.4, 0.5) is 0 Å². The first-order valence-electron chi connectivity index (χ1n) is 5.72. The van der Waals surface area contributed by atoms with Gasteiger partial charge in [-0.25, -0.2) is 4.98 Å². The molecule has 1 aromatic carbocycles. The minimum Gasteiger partial charge on any atom is -0.391 e. The molecule has 0 atom stereocenters. The maximum Gasteiger partial charge on any atom is 0.0975 e. The number of thiazole rings is 1. The van der Waals surface area contributed by atoms with Crippen LogP contribution in [0.5, 0.6) is 0 Å². The van der Waals surface area contributed by atoms with Crippen molar-refractivity contribution in [1.82, 2.24) is 4.98 Å². The lowest BCUT2D eigenvalue weighted by molar-refractivity contribution is 0.284. The Bertz CT molecular complexity index is 531. The highest BCUT2D eigenvalue weighted by Gasteiger charge is 2.08. The van der Waals surface area contributed by atoms with Gasteiger partial charge in [-0.15, -0.1) is 11.3 Å². The van der Waals surface area contributed by atoms with E-state index in [4.69, 9.17) is 5.11 Å². The molecule has 0 unspecified atom stereocenters. The van der Waals surface area contributed by atoms with Crippen molar-refractivity contribution >= 4 is 11.3 Å². The number of aromatic nitrogens is 1. The van der Waals surface area contributed by atoms with Crippen LogP contribution in [0, 0.1) is 20.8 Å². The topological polar surface area (TPSA) is 33.1 Å². The Morgan fingerprint density at radius 3 is 2.65 bits per heavy atom. The number of aliphatic hydroxyl groups excluding tert-OH is 1. The summed E-state index contributed by atoms with van der Waals surface area (Å²) >= 11 is 1.61. The first-order valence-corrected chi connectivity index (χ1v) is 6.54. The molecule has 0 radical (unpaired) electrons. The summed E-state index contributed by atoms with van der Waals surface area (Å²) in [5.41, 5.74) is 4.86. The third-order valence-corrected chi connectivity index (χ3v) is 4.07. The van der Waals surface area contributed by atoms with Crippen molar-refractivity contribution in [2.24, 2.45) is 0 Å². The predicted molar refractivity (Wildman–Crippen MR) is 71.5 cm³/mol. The summed E-state index contributed by atoms with van der Waals surface area (Å²) in [5.74, 6) is 0. The SMILES string of the molecule is Cc1ccc(C)c(Cc2nc(C)c(CO)s2)c1. The van der Waals surface area contributed by atoms with Gasteiger partial charge in [0, 0.05) is 6.42 Å². The Kier molecular flexibility index (Phi) is 3.60. The lowest BCUT2D eigenvalue weighted by Crippen LogP contribution is -1.92. The summed E-state index contributed by atoms with van der Waals surface area (Å²) in [6.45, 7) is 6.28. The van der Waals surface area contributed by atoms with E-state index in [1.807, 2.05) is 6.92 Å². The molecule has 0 aliphatic carbocycles. The van der Waals surface area contributed by atoms with E-state index in [-0.39, 0.29) is 6.61 Å². The molecule has 0 fully saturated rings. The van der Waals surface area contributed by atoms with Crippen molar-refractivity contribution < 1.29 is 5.11 Å². The third-order valence-electron chi connectivity index (χ3n) is 2.93. The van der Waals surface area contributed by atoms with Gasteiger partial charge >= 0.3 is 0 Å². The molecule has 1 heterocycles. The van der Waals surface area contributed by atoms with Crippen molar-refractivity contribution in [2.45, 2.75) is 33.8 Å². The van der Waals surface area contributed by atoms with E-state index >= 15 is 0 Å². The van der Waals surface area contributed by atoms with Crippen molar-refractivity contribution in [3.8, 4) is 0 Å². The molecule has 3 heteroatoms. The molecule has 0 amide bonds. The van der Waals surface area contributed by atoms with Crippen LogP contribution in [0.1, 0.15) is 32.3 Å². The van der Waals surface area contributed by atoms with E-state index < -0.39 is 0 Å². The second kappa shape index (κ2) is 4.98. The lowest BCUT2D eigenvalue weighted by Gasteiger charge is -2.04. The zero-order valence-corrected chi connectivity index (χ0v) is 11.3. The first kappa shape index (κ1) is 12.3. The van der Waals surface area contributed by atoms with Crippen LogP contribution in [0.3, 0.4) is 0 Å². The van der Waals surface area contributed by atoms with E-state index in [1.165, 1.54) is 16.7 Å². The highest BCUT2D eigenvalue weighted by molar-refractivity contribution is 7.11. The first-order chi connectivity index (χ1) is 8.10. The molecule has 0 spiro atoms. The van der Waals surface area contributed by atoms with E-state index in [0.717, 1.165) is 22.0 Å². The number of aryl methyl sites for hydroxylation is 3. The maximum atomic E-state index is 9.17. The Balaban J connectivity index is 2.27. The van der Waals surface area contributed by atoms with Gasteiger partial charge in [0.1, 0.15) is 0 Å². The van der Waals surface area contributed by atoms with Crippen LogP contribution in [-0.4, -0.2) is 10.1 Å². The summed E-state index contributed by atoms with van der Waals surface area (Å²) in [5, 5.41) is 10.3. The molecule has 1 N–H and O–H groups in total. The summed E-state index contributed by atoms with van der Waals surface area (Å²) in [4.78, 5) is 5.48. The van der Waals surface area contributed by atoms with Crippen LogP contribution in [-0.2, 0) is 13.0 Å². The largest absolute Gasteiger partial charge is 0.391 e. The van der Waals surface area contributed by atoms with E-state index in [1.54, 1.807) is 11.3 Å². The second-order valence-corrected chi connectivity index (χ2v) is 5.55. The van der Waals surface area contributed by atoms with Gasteiger partial charge in [-0.2, -0.15) is 0 Å². The van der Waals surface area contributed by atoms with Crippen LogP contribution < -0.4 is 0 Å². The average molecular weight is 247 g/mol. The van der Waals surface area contributed by atoms with Crippen molar-refractivity contribution in [2.75, 3.05) is 0 Å². The highest BCUT2D eigenvalue weighted by atomic mass is 32.1. The summed E-state index contributed by atoms with van der Waals surface area (Å²) < 4.78 is 0. The molecule has 2 rings (SSSR count). The molecule has 1 aromatic heterocycles. The zero-order valence-electron chi connectivity index (χ0n) is 10.4. The number of nitrogens with zero attached hydrogens (tertiary/aromatic N) is 1. The number of hydrogen-bond acceptors (Lipinski definition) is 3. The monoisotopic (exact) mass is 247 g/mol. The van der Waals surface area contributed by atoms with Gasteiger partial charge in [-0.05, 0) is 31.9 Å². The third kappa shape index (κ3) is 2.73. The van der Waals surface area contributed by atoms with Gasteiger partial charge in [0.05, 0.1) is 22.2 Å². The van der Waals surface area contributed by atoms with Gasteiger partial charge in [0.2, 0.25) is 0 Å². The van der Waals surface area contributed by atoms with Crippen molar-refractivity contribution in [3.63, 3.8) is 0 Å². The fraction of sp³-hybridized carbons (Fsp3) is 0.357. The van der Waals surface area contributed by atoms with Crippen LogP contribution in [0.2, 0.25) is 0 Å². The van der Waals surface area contributed by atoms with Crippen LogP contribution in [0.15, 0.2) is 18.2 Å². The van der Waals surface area contributed by atoms with Gasteiger partial charge in [-0.1, -0.05) is 23.8 Å². The standard InChI is InChI=1S/C14H17NOS/c1-9-4-5-10(2)12(6-9)7-14-15-11(3)13(8-16)17-14/h4-6,16H,7-8H2,1-3H3. The molecule has 2 nitrogen and oxygen atoms in total. The van der Waals surface area contributed by atoms with E-state index in [2.05, 4.69) is 37.0 Å². The molecule has 90 valence electrons. The van der Waals surface area contributed by atoms with Crippen molar-refractivity contribution in [1.29, 1.82) is 0 Å². The molecule has 0 bridgehead atoms. The highest BCUT2D eigenvalue weighted by Crippen LogP contribution is 2.22. The number of rotatable bonds is 3. The number of aliphatic hydroxyl groups is 1. The molecule has 0 saturated carbocycles. The molecule has 2 aromatic rings. The fourth-order valence-corrected chi connectivity index (χ4v) is 2.82. The minimum absolute atomic E-state index is 0.0936. The number of benzene rings is 1. The molecule has 0 saturated heterocycles. The molecular weight excluding hydrogens is 230 g/mol.